The predicted molar refractivity (Wildman–Crippen MR) is 87.9 cm³/mol. The summed E-state index contributed by atoms with van der Waals surface area (Å²) in [5.41, 5.74) is -3.30. The lowest BCUT2D eigenvalue weighted by atomic mass is 10.1. The average Bonchev–Trinajstić information content (AvgIpc) is 2.66. The largest absolute Gasteiger partial charge is 0.493 e. The van der Waals surface area contributed by atoms with Crippen LogP contribution in [0.5, 0.6) is 11.5 Å². The van der Waals surface area contributed by atoms with E-state index in [9.17, 15) is 26.3 Å². The van der Waals surface area contributed by atoms with Gasteiger partial charge in [-0.2, -0.15) is 36.9 Å². The van der Waals surface area contributed by atoms with Crippen LogP contribution in [0.1, 0.15) is 28.7 Å². The minimum absolute atomic E-state index is 0.0639. The van der Waals surface area contributed by atoms with Crippen molar-refractivity contribution in [1.82, 2.24) is 0 Å². The zero-order valence-corrected chi connectivity index (χ0v) is 14.6. The van der Waals surface area contributed by atoms with Gasteiger partial charge in [0.05, 0.1) is 47.6 Å². The molecule has 0 saturated carbocycles. The molecular formula is C19H12F6N2O2. The van der Waals surface area contributed by atoms with Crippen molar-refractivity contribution >= 4 is 0 Å². The molecule has 0 amide bonds. The number of rotatable bonds is 6. The monoisotopic (exact) mass is 414 g/mol. The molecule has 29 heavy (non-hydrogen) atoms. The molecule has 0 unspecified atom stereocenters. The van der Waals surface area contributed by atoms with Crippen LogP contribution in [0.4, 0.5) is 26.3 Å². The van der Waals surface area contributed by atoms with Crippen molar-refractivity contribution in [2.24, 2.45) is 0 Å². The highest BCUT2D eigenvalue weighted by Gasteiger charge is 2.35. The summed E-state index contributed by atoms with van der Waals surface area (Å²) >= 11 is 0. The summed E-state index contributed by atoms with van der Waals surface area (Å²) in [5.74, 6) is -0.205. The second-order valence-electron chi connectivity index (χ2n) is 5.68. The van der Waals surface area contributed by atoms with Crippen LogP contribution in [-0.2, 0) is 12.4 Å². The van der Waals surface area contributed by atoms with Crippen molar-refractivity contribution in [3.63, 3.8) is 0 Å². The molecule has 2 rings (SSSR count). The van der Waals surface area contributed by atoms with Gasteiger partial charge in [-0.25, -0.2) is 0 Å². The number of nitriles is 2. The van der Waals surface area contributed by atoms with Gasteiger partial charge >= 0.3 is 12.4 Å². The number of halogens is 6. The van der Waals surface area contributed by atoms with Crippen LogP contribution in [0, 0.1) is 22.7 Å². The summed E-state index contributed by atoms with van der Waals surface area (Å²) in [5, 5.41) is 17.5. The smallest absolute Gasteiger partial charge is 0.417 e. The molecule has 0 spiro atoms. The topological polar surface area (TPSA) is 66.0 Å². The van der Waals surface area contributed by atoms with Gasteiger partial charge in [-0.15, -0.1) is 0 Å². The van der Waals surface area contributed by atoms with Crippen molar-refractivity contribution < 1.29 is 35.8 Å². The minimum Gasteiger partial charge on any atom is -0.493 e. The van der Waals surface area contributed by atoms with E-state index in [1.807, 2.05) is 0 Å². The Morgan fingerprint density at radius 3 is 1.38 bits per heavy atom. The van der Waals surface area contributed by atoms with Gasteiger partial charge in [0.1, 0.15) is 11.5 Å². The Morgan fingerprint density at radius 2 is 1.07 bits per heavy atom. The number of alkyl halides is 6. The van der Waals surface area contributed by atoms with Crippen LogP contribution < -0.4 is 9.47 Å². The lowest BCUT2D eigenvalue weighted by Crippen LogP contribution is -2.10. The molecule has 2 aromatic carbocycles. The maximum absolute atomic E-state index is 12.9. The third-order valence-corrected chi connectivity index (χ3v) is 3.66. The molecule has 0 aliphatic rings. The molecule has 0 atom stereocenters. The fourth-order valence-corrected chi connectivity index (χ4v) is 2.33. The van der Waals surface area contributed by atoms with Crippen molar-refractivity contribution in [3.05, 3.63) is 58.7 Å². The molecule has 0 N–H and O–H groups in total. The first-order chi connectivity index (χ1) is 13.6. The third kappa shape index (κ3) is 5.79. The van der Waals surface area contributed by atoms with Crippen molar-refractivity contribution in [3.8, 4) is 23.6 Å². The van der Waals surface area contributed by atoms with Gasteiger partial charge in [0.25, 0.3) is 0 Å². The Morgan fingerprint density at radius 1 is 0.690 bits per heavy atom. The van der Waals surface area contributed by atoms with Crippen LogP contribution in [0.25, 0.3) is 0 Å². The van der Waals surface area contributed by atoms with E-state index in [0.29, 0.717) is 12.1 Å². The van der Waals surface area contributed by atoms with E-state index >= 15 is 0 Å². The van der Waals surface area contributed by atoms with Crippen LogP contribution in [0.2, 0.25) is 0 Å². The quantitative estimate of drug-likeness (QED) is 0.474. The average molecular weight is 414 g/mol. The molecule has 0 aliphatic carbocycles. The summed E-state index contributed by atoms with van der Waals surface area (Å²) < 4.78 is 87.7. The molecule has 0 fully saturated rings. The molecular weight excluding hydrogens is 402 g/mol. The van der Waals surface area contributed by atoms with E-state index in [4.69, 9.17) is 20.0 Å². The van der Waals surface area contributed by atoms with Crippen molar-refractivity contribution in [2.75, 3.05) is 13.2 Å². The van der Waals surface area contributed by atoms with Gasteiger partial charge in [0, 0.05) is 6.42 Å². The standard InChI is InChI=1S/C19H12F6N2O2/c20-18(21,22)16-8-14(4-2-12(16)10-26)28-6-1-7-29-15-5-3-13(11-27)17(9-15)19(23,24)25/h2-5,8-9H,1,6-7H2. The zero-order valence-electron chi connectivity index (χ0n) is 14.6. The maximum Gasteiger partial charge on any atom is 0.417 e. The number of ether oxygens (including phenoxy) is 2. The molecule has 2 aromatic rings. The molecule has 0 heterocycles. The first-order valence-corrected chi connectivity index (χ1v) is 8.04. The van der Waals surface area contributed by atoms with Gasteiger partial charge in [-0.05, 0) is 36.4 Å². The zero-order chi connectivity index (χ0) is 21.7. The van der Waals surface area contributed by atoms with Crippen molar-refractivity contribution in [2.45, 2.75) is 18.8 Å². The number of benzene rings is 2. The lowest BCUT2D eigenvalue weighted by molar-refractivity contribution is -0.138. The molecule has 0 aliphatic heterocycles. The highest BCUT2D eigenvalue weighted by atomic mass is 19.4. The first-order valence-electron chi connectivity index (χ1n) is 8.04. The summed E-state index contributed by atoms with van der Waals surface area (Å²) in [6, 6.07) is 8.72. The molecule has 4 nitrogen and oxygen atoms in total. The van der Waals surface area contributed by atoms with E-state index < -0.39 is 34.6 Å². The summed E-state index contributed by atoms with van der Waals surface area (Å²) in [4.78, 5) is 0. The summed E-state index contributed by atoms with van der Waals surface area (Å²) in [6.07, 6.45) is -9.25. The van der Waals surface area contributed by atoms with Gasteiger partial charge in [-0.1, -0.05) is 0 Å². The highest BCUT2D eigenvalue weighted by molar-refractivity contribution is 5.45. The maximum atomic E-state index is 12.9. The van der Waals surface area contributed by atoms with Gasteiger partial charge in [-0.3, -0.25) is 0 Å². The van der Waals surface area contributed by atoms with E-state index in [2.05, 4.69) is 0 Å². The molecule has 0 saturated heterocycles. The Hall–Kier alpha value is -3.40. The molecule has 10 heteroatoms. The number of hydrogen-bond acceptors (Lipinski definition) is 4. The molecule has 0 radical (unpaired) electrons. The van der Waals surface area contributed by atoms with E-state index in [1.165, 1.54) is 24.3 Å². The summed E-state index contributed by atoms with van der Waals surface area (Å²) in [7, 11) is 0. The second kappa shape index (κ2) is 8.74. The third-order valence-electron chi connectivity index (χ3n) is 3.66. The Balaban J connectivity index is 1.93. The first kappa shape index (κ1) is 21.9. The SMILES string of the molecule is N#Cc1ccc(OCCCOc2ccc(C#N)c(C(F)(F)F)c2)cc1C(F)(F)F. The Bertz CT molecular complexity index is 878. The second-order valence-corrected chi connectivity index (χ2v) is 5.68. The van der Waals surface area contributed by atoms with Gasteiger partial charge in [0.15, 0.2) is 0 Å². The summed E-state index contributed by atoms with van der Waals surface area (Å²) in [6.45, 7) is -0.128. The van der Waals surface area contributed by atoms with E-state index in [1.54, 1.807) is 0 Å². The van der Waals surface area contributed by atoms with E-state index in [0.717, 1.165) is 12.1 Å². The Kier molecular flexibility index (Phi) is 6.60. The van der Waals surface area contributed by atoms with Crippen molar-refractivity contribution in [1.29, 1.82) is 10.5 Å². The molecule has 0 bridgehead atoms. The van der Waals surface area contributed by atoms with Gasteiger partial charge < -0.3 is 9.47 Å². The fraction of sp³-hybridized carbons (Fsp3) is 0.263. The molecule has 152 valence electrons. The van der Waals surface area contributed by atoms with Crippen LogP contribution in [0.15, 0.2) is 36.4 Å². The van der Waals surface area contributed by atoms with Crippen LogP contribution >= 0.6 is 0 Å². The number of hydrogen-bond donors (Lipinski definition) is 0. The fourth-order valence-electron chi connectivity index (χ4n) is 2.33. The van der Waals surface area contributed by atoms with Crippen LogP contribution in [-0.4, -0.2) is 13.2 Å². The molecule has 0 aromatic heterocycles. The van der Waals surface area contributed by atoms with Gasteiger partial charge in [0.2, 0.25) is 0 Å². The Labute approximate surface area is 161 Å². The van der Waals surface area contributed by atoms with E-state index in [-0.39, 0.29) is 31.1 Å². The lowest BCUT2D eigenvalue weighted by Gasteiger charge is -2.13. The normalized spacial score (nSPS) is 11.4. The highest BCUT2D eigenvalue weighted by Crippen LogP contribution is 2.35. The van der Waals surface area contributed by atoms with Crippen LogP contribution in [0.3, 0.4) is 0 Å². The predicted octanol–water partition coefficient (Wildman–Crippen LogP) is 5.32. The minimum atomic E-state index is -4.71. The number of nitrogens with zero attached hydrogens (tertiary/aromatic N) is 2.